The molecule has 2 bridgehead atoms. The Morgan fingerprint density at radius 1 is 1.23 bits per heavy atom. The van der Waals surface area contributed by atoms with Crippen molar-refractivity contribution in [1.29, 1.82) is 0 Å². The normalized spacial score (nSPS) is 40.9. The van der Waals surface area contributed by atoms with E-state index in [-0.39, 0.29) is 24.1 Å². The molecule has 1 saturated heterocycles. The number of ketones is 1. The van der Waals surface area contributed by atoms with Crippen molar-refractivity contribution in [2.75, 3.05) is 7.11 Å². The lowest BCUT2D eigenvalue weighted by atomic mass is 9.40. The number of aliphatic hydroxyl groups excluding tert-OH is 2. The molecule has 0 spiro atoms. The van der Waals surface area contributed by atoms with Crippen LogP contribution in [0.25, 0.3) is 0 Å². The van der Waals surface area contributed by atoms with Crippen molar-refractivity contribution in [3.63, 3.8) is 0 Å². The molecule has 35 heavy (non-hydrogen) atoms. The predicted octanol–water partition coefficient (Wildman–Crippen LogP) is 3.13. The van der Waals surface area contributed by atoms with Crippen LogP contribution >= 0.6 is 0 Å². The number of furan rings is 1. The molecule has 1 aromatic rings. The van der Waals surface area contributed by atoms with E-state index in [9.17, 15) is 24.6 Å². The minimum Gasteiger partial charge on any atom is -0.472 e. The van der Waals surface area contributed by atoms with E-state index in [2.05, 4.69) is 6.92 Å². The number of carbonyl (C=O) groups excluding carboxylic acids is 3. The van der Waals surface area contributed by atoms with E-state index in [1.807, 2.05) is 20.8 Å². The SMILES string of the molecule is COC(=O)[C@H](O)[C@@H]1C(C)(C)[C@H](O)[C@@H]2CC3=C4CC(=O)O[C@@H](c5ccoc5)[C@]4(C)CC[C@@H]3[C@@]1(C)C2=O. The van der Waals surface area contributed by atoms with Gasteiger partial charge in [0, 0.05) is 28.2 Å². The highest BCUT2D eigenvalue weighted by molar-refractivity contribution is 5.93. The number of allylic oxidation sites excluding steroid dienone is 1. The van der Waals surface area contributed by atoms with Gasteiger partial charge in [0.05, 0.1) is 32.2 Å². The van der Waals surface area contributed by atoms with Crippen LogP contribution < -0.4 is 0 Å². The number of rotatable bonds is 3. The fourth-order valence-corrected chi connectivity index (χ4v) is 8.18. The number of esters is 2. The summed E-state index contributed by atoms with van der Waals surface area (Å²) in [7, 11) is 1.20. The Hall–Kier alpha value is -2.45. The second-order valence-corrected chi connectivity index (χ2v) is 11.8. The zero-order valence-corrected chi connectivity index (χ0v) is 20.9. The smallest absolute Gasteiger partial charge is 0.335 e. The van der Waals surface area contributed by atoms with Gasteiger partial charge in [-0.3, -0.25) is 9.59 Å². The summed E-state index contributed by atoms with van der Waals surface area (Å²) in [4.78, 5) is 39.2. The summed E-state index contributed by atoms with van der Waals surface area (Å²) in [5.41, 5.74) is 0.241. The highest BCUT2D eigenvalue weighted by Crippen LogP contribution is 2.67. The maximum absolute atomic E-state index is 13.9. The van der Waals surface area contributed by atoms with E-state index in [1.165, 1.54) is 7.11 Å². The lowest BCUT2D eigenvalue weighted by molar-refractivity contribution is -0.203. The van der Waals surface area contributed by atoms with Crippen LogP contribution in [-0.2, 0) is 23.9 Å². The molecule has 8 atom stereocenters. The first-order valence-electron chi connectivity index (χ1n) is 12.3. The van der Waals surface area contributed by atoms with E-state index >= 15 is 0 Å². The second kappa shape index (κ2) is 7.77. The maximum atomic E-state index is 13.9. The van der Waals surface area contributed by atoms with Gasteiger partial charge >= 0.3 is 11.9 Å². The lowest BCUT2D eigenvalue weighted by Gasteiger charge is -2.63. The zero-order valence-electron chi connectivity index (χ0n) is 20.9. The van der Waals surface area contributed by atoms with Gasteiger partial charge in [0.2, 0.25) is 0 Å². The van der Waals surface area contributed by atoms with E-state index < -0.39 is 52.4 Å². The van der Waals surface area contributed by atoms with E-state index in [4.69, 9.17) is 13.9 Å². The average Bonchev–Trinajstić information content (AvgIpc) is 3.34. The standard InChI is InChI=1S/C27H34O8/c1-25(2)20(19(29)24(32)33-5)27(4)16-6-8-26(3)17(14(16)10-15(21(25)30)22(27)31)11-18(28)35-23(26)13-7-9-34-12-13/h7,9,12,15-16,19-21,23,29-30H,6,8,10-11H2,1-5H3/t15-,16-,19+,20+,21+,23-,26+,27+/m0/s1. The van der Waals surface area contributed by atoms with Crippen LogP contribution in [0.5, 0.6) is 0 Å². The molecule has 2 N–H and O–H groups in total. The highest BCUT2D eigenvalue weighted by Gasteiger charge is 2.69. The van der Waals surface area contributed by atoms with Gasteiger partial charge in [0.15, 0.2) is 6.10 Å². The van der Waals surface area contributed by atoms with Gasteiger partial charge in [-0.25, -0.2) is 4.79 Å². The summed E-state index contributed by atoms with van der Waals surface area (Å²) in [5.74, 6) is -3.07. The summed E-state index contributed by atoms with van der Waals surface area (Å²) in [6.07, 6.45) is 1.80. The third kappa shape index (κ3) is 3.08. The van der Waals surface area contributed by atoms with Gasteiger partial charge in [-0.1, -0.05) is 33.3 Å². The van der Waals surface area contributed by atoms with Crippen molar-refractivity contribution in [2.45, 2.75) is 71.7 Å². The number of Topliss-reactive ketones (excluding diaryl/α,β-unsaturated/α-hetero) is 1. The first kappa shape index (κ1) is 24.3. The van der Waals surface area contributed by atoms with Crippen LogP contribution in [-0.4, -0.2) is 47.3 Å². The Kier molecular flexibility index (Phi) is 5.39. The Morgan fingerprint density at radius 3 is 2.57 bits per heavy atom. The molecule has 0 amide bonds. The molecule has 0 aromatic carbocycles. The van der Waals surface area contributed by atoms with Crippen LogP contribution in [0.2, 0.25) is 0 Å². The van der Waals surface area contributed by atoms with E-state index in [1.54, 1.807) is 18.6 Å². The molecule has 1 aliphatic heterocycles. The van der Waals surface area contributed by atoms with Crippen LogP contribution in [0.15, 0.2) is 34.2 Å². The fourth-order valence-electron chi connectivity index (χ4n) is 8.18. The fraction of sp³-hybridized carbons (Fsp3) is 0.667. The number of methoxy groups -OCH3 is 1. The van der Waals surface area contributed by atoms with Crippen LogP contribution in [0, 0.1) is 34.0 Å². The Morgan fingerprint density at radius 2 is 1.94 bits per heavy atom. The average molecular weight is 487 g/mol. The quantitative estimate of drug-likeness (QED) is 0.493. The maximum Gasteiger partial charge on any atom is 0.335 e. The lowest BCUT2D eigenvalue weighted by Crippen LogP contribution is -2.68. The second-order valence-electron chi connectivity index (χ2n) is 11.8. The minimum absolute atomic E-state index is 0.122. The predicted molar refractivity (Wildman–Crippen MR) is 123 cm³/mol. The van der Waals surface area contributed by atoms with Crippen molar-refractivity contribution in [3.8, 4) is 0 Å². The first-order valence-corrected chi connectivity index (χ1v) is 12.3. The molecule has 2 saturated carbocycles. The number of aliphatic hydroxyl groups is 2. The largest absolute Gasteiger partial charge is 0.472 e. The summed E-state index contributed by atoms with van der Waals surface area (Å²) in [5, 5.41) is 22.5. The number of cyclic esters (lactones) is 1. The van der Waals surface area contributed by atoms with Crippen LogP contribution in [0.4, 0.5) is 0 Å². The molecule has 3 aliphatic carbocycles. The molecule has 5 rings (SSSR count). The van der Waals surface area contributed by atoms with E-state index in [0.29, 0.717) is 19.3 Å². The minimum atomic E-state index is -1.56. The first-order chi connectivity index (χ1) is 16.4. The number of fused-ring (bicyclic) bond motifs is 5. The number of hydrogen-bond donors (Lipinski definition) is 2. The third-order valence-corrected chi connectivity index (χ3v) is 9.83. The van der Waals surface area contributed by atoms with Gasteiger partial charge < -0.3 is 24.1 Å². The molecule has 190 valence electrons. The molecular weight excluding hydrogens is 452 g/mol. The van der Waals surface area contributed by atoms with Crippen molar-refractivity contribution in [3.05, 3.63) is 35.3 Å². The summed E-state index contributed by atoms with van der Waals surface area (Å²) in [6.45, 7) is 7.54. The molecule has 4 aliphatic rings. The van der Waals surface area contributed by atoms with Gasteiger partial charge in [-0.15, -0.1) is 0 Å². The number of carbonyl (C=O) groups is 3. The summed E-state index contributed by atoms with van der Waals surface area (Å²) < 4.78 is 16.0. The molecule has 1 aromatic heterocycles. The van der Waals surface area contributed by atoms with Gasteiger partial charge in [0.25, 0.3) is 0 Å². The third-order valence-electron chi connectivity index (χ3n) is 9.83. The van der Waals surface area contributed by atoms with Crippen LogP contribution in [0.1, 0.15) is 65.0 Å². The monoisotopic (exact) mass is 486 g/mol. The zero-order chi connectivity index (χ0) is 25.5. The molecule has 8 heteroatoms. The molecule has 3 fully saturated rings. The molecule has 8 nitrogen and oxygen atoms in total. The van der Waals surface area contributed by atoms with Crippen molar-refractivity contribution < 1.29 is 38.5 Å². The topological polar surface area (TPSA) is 123 Å². The molecule has 2 heterocycles. The molecular formula is C27H34O8. The van der Waals surface area contributed by atoms with Gasteiger partial charge in [-0.2, -0.15) is 0 Å². The van der Waals surface area contributed by atoms with Crippen LogP contribution in [0.3, 0.4) is 0 Å². The van der Waals surface area contributed by atoms with Gasteiger partial charge in [0.1, 0.15) is 11.9 Å². The van der Waals surface area contributed by atoms with Crippen molar-refractivity contribution in [2.24, 2.45) is 34.0 Å². The van der Waals surface area contributed by atoms with Crippen molar-refractivity contribution in [1.82, 2.24) is 0 Å². The summed E-state index contributed by atoms with van der Waals surface area (Å²) in [6, 6.07) is 1.80. The Bertz CT molecular complexity index is 1100. The molecule has 0 radical (unpaired) electrons. The number of hydrogen-bond acceptors (Lipinski definition) is 8. The van der Waals surface area contributed by atoms with Gasteiger partial charge in [-0.05, 0) is 42.2 Å². The molecule has 0 unspecified atom stereocenters. The summed E-state index contributed by atoms with van der Waals surface area (Å²) >= 11 is 0. The highest BCUT2D eigenvalue weighted by atomic mass is 16.5. The van der Waals surface area contributed by atoms with E-state index in [0.717, 1.165) is 16.7 Å². The van der Waals surface area contributed by atoms with Crippen molar-refractivity contribution >= 4 is 17.7 Å². The Balaban J connectivity index is 1.69. The number of ether oxygens (including phenoxy) is 2. The Labute approximate surface area is 204 Å².